The van der Waals surface area contributed by atoms with Gasteiger partial charge in [-0.3, -0.25) is 14.5 Å². The molecule has 3 aromatic rings. The van der Waals surface area contributed by atoms with Crippen molar-refractivity contribution in [3.63, 3.8) is 0 Å². The van der Waals surface area contributed by atoms with Crippen LogP contribution >= 0.6 is 23.2 Å². The molecule has 1 unspecified atom stereocenters. The van der Waals surface area contributed by atoms with Crippen LogP contribution in [0, 0.1) is 0 Å². The topological polar surface area (TPSA) is 107 Å². The summed E-state index contributed by atoms with van der Waals surface area (Å²) in [6, 6.07) is 11.0. The zero-order chi connectivity index (χ0) is 27.6. The standard InChI is InChI=1S/C26H27Cl2N5O5/c1-26(2,3)38-25(36)21(11-16-5-8-18(37-4)9-6-16)32-15-23(34)31(14-24(32)35)20-12-17(27)7-10-19(20)33-13-22(28)29-30-33/h5-10,12-13,21H,11,14-15H2,1-4H3. The number of anilines is 1. The third kappa shape index (κ3) is 6.25. The van der Waals surface area contributed by atoms with Crippen molar-refractivity contribution in [2.45, 2.75) is 38.8 Å². The summed E-state index contributed by atoms with van der Waals surface area (Å²) in [5, 5.41) is 8.27. The number of amides is 2. The van der Waals surface area contributed by atoms with Crippen LogP contribution < -0.4 is 9.64 Å². The van der Waals surface area contributed by atoms with E-state index in [2.05, 4.69) is 10.3 Å². The van der Waals surface area contributed by atoms with Crippen LogP contribution in [0.25, 0.3) is 5.69 Å². The normalized spacial score (nSPS) is 15.0. The molecular weight excluding hydrogens is 533 g/mol. The molecule has 1 aliphatic rings. The number of ether oxygens (including phenoxy) is 2. The fraction of sp³-hybridized carbons (Fsp3) is 0.346. The highest BCUT2D eigenvalue weighted by atomic mass is 35.5. The van der Waals surface area contributed by atoms with Crippen LogP contribution in [0.3, 0.4) is 0 Å². The molecule has 0 saturated carbocycles. The zero-order valence-corrected chi connectivity index (χ0v) is 22.9. The van der Waals surface area contributed by atoms with Gasteiger partial charge in [0.2, 0.25) is 11.8 Å². The molecule has 0 N–H and O–H groups in total. The summed E-state index contributed by atoms with van der Waals surface area (Å²) in [6.07, 6.45) is 1.64. The quantitative estimate of drug-likeness (QED) is 0.406. The maximum Gasteiger partial charge on any atom is 0.329 e. The van der Waals surface area contributed by atoms with Gasteiger partial charge >= 0.3 is 5.97 Å². The molecule has 0 radical (unpaired) electrons. The number of rotatable bonds is 7. The molecule has 1 atom stereocenters. The lowest BCUT2D eigenvalue weighted by Gasteiger charge is -2.38. The minimum absolute atomic E-state index is 0.164. The van der Waals surface area contributed by atoms with E-state index >= 15 is 0 Å². The van der Waals surface area contributed by atoms with Crippen molar-refractivity contribution in [1.29, 1.82) is 0 Å². The van der Waals surface area contributed by atoms with Gasteiger partial charge in [-0.2, -0.15) is 0 Å². The lowest BCUT2D eigenvalue weighted by molar-refractivity contribution is -0.165. The van der Waals surface area contributed by atoms with Gasteiger partial charge < -0.3 is 14.4 Å². The maximum atomic E-state index is 13.5. The summed E-state index contributed by atoms with van der Waals surface area (Å²) in [4.78, 5) is 42.8. The summed E-state index contributed by atoms with van der Waals surface area (Å²) in [5.41, 5.74) is 0.828. The Hall–Kier alpha value is -3.63. The Balaban J connectivity index is 1.63. The first-order chi connectivity index (χ1) is 17.9. The van der Waals surface area contributed by atoms with Gasteiger partial charge in [-0.05, 0) is 56.7 Å². The van der Waals surface area contributed by atoms with Gasteiger partial charge in [0.05, 0.1) is 24.7 Å². The Morgan fingerprint density at radius 3 is 2.34 bits per heavy atom. The molecule has 1 fully saturated rings. The van der Waals surface area contributed by atoms with E-state index in [1.54, 1.807) is 70.3 Å². The zero-order valence-electron chi connectivity index (χ0n) is 21.4. The molecule has 200 valence electrons. The highest BCUT2D eigenvalue weighted by molar-refractivity contribution is 6.31. The number of carbonyl (C=O) groups is 3. The molecular formula is C26H27Cl2N5O5. The number of benzene rings is 2. The Labute approximate surface area is 230 Å². The number of halogens is 2. The average Bonchev–Trinajstić information content (AvgIpc) is 3.29. The Morgan fingerprint density at radius 1 is 1.03 bits per heavy atom. The number of aromatic nitrogens is 3. The molecule has 0 aliphatic carbocycles. The first-order valence-corrected chi connectivity index (χ1v) is 12.5. The molecule has 38 heavy (non-hydrogen) atoms. The van der Waals surface area contributed by atoms with Gasteiger partial charge in [0.15, 0.2) is 5.15 Å². The van der Waals surface area contributed by atoms with Crippen LogP contribution in [0.1, 0.15) is 26.3 Å². The van der Waals surface area contributed by atoms with Gasteiger partial charge in [-0.15, -0.1) is 5.10 Å². The Kier molecular flexibility index (Phi) is 7.94. The highest BCUT2D eigenvalue weighted by Gasteiger charge is 2.40. The lowest BCUT2D eigenvalue weighted by Crippen LogP contribution is -2.60. The van der Waals surface area contributed by atoms with Crippen LogP contribution in [0.5, 0.6) is 5.75 Å². The first-order valence-electron chi connectivity index (χ1n) is 11.8. The predicted molar refractivity (Wildman–Crippen MR) is 142 cm³/mol. The van der Waals surface area contributed by atoms with Gasteiger partial charge in [-0.25, -0.2) is 9.48 Å². The van der Waals surface area contributed by atoms with Crippen molar-refractivity contribution in [3.8, 4) is 11.4 Å². The van der Waals surface area contributed by atoms with Gasteiger partial charge in [0.25, 0.3) is 0 Å². The molecule has 0 spiro atoms. The molecule has 1 saturated heterocycles. The van der Waals surface area contributed by atoms with Crippen molar-refractivity contribution in [1.82, 2.24) is 19.9 Å². The van der Waals surface area contributed by atoms with E-state index in [9.17, 15) is 14.4 Å². The van der Waals surface area contributed by atoms with E-state index < -0.39 is 29.4 Å². The molecule has 2 aromatic carbocycles. The molecule has 10 nitrogen and oxygen atoms in total. The molecule has 12 heteroatoms. The second-order valence-corrected chi connectivity index (χ2v) is 10.5. The molecule has 1 aromatic heterocycles. The van der Waals surface area contributed by atoms with Gasteiger partial charge in [0.1, 0.15) is 30.5 Å². The number of methoxy groups -OCH3 is 1. The highest BCUT2D eigenvalue weighted by Crippen LogP contribution is 2.30. The third-order valence-corrected chi connectivity index (χ3v) is 6.21. The minimum atomic E-state index is -1.01. The fourth-order valence-electron chi connectivity index (χ4n) is 4.08. The third-order valence-electron chi connectivity index (χ3n) is 5.80. The van der Waals surface area contributed by atoms with Gasteiger partial charge in [-0.1, -0.05) is 40.5 Å². The van der Waals surface area contributed by atoms with Crippen LogP contribution in [0.15, 0.2) is 48.7 Å². The van der Waals surface area contributed by atoms with Crippen molar-refractivity contribution >= 4 is 46.7 Å². The summed E-state index contributed by atoms with van der Waals surface area (Å²) in [6.45, 7) is 4.60. The number of esters is 1. The molecule has 2 amide bonds. The predicted octanol–water partition coefficient (Wildman–Crippen LogP) is 3.71. The molecule has 0 bridgehead atoms. The van der Waals surface area contributed by atoms with E-state index in [1.165, 1.54) is 20.7 Å². The number of hydrogen-bond acceptors (Lipinski definition) is 7. The van der Waals surface area contributed by atoms with Crippen LogP contribution in [0.2, 0.25) is 10.2 Å². The molecule has 2 heterocycles. The Bertz CT molecular complexity index is 1350. The number of carbonyl (C=O) groups excluding carboxylic acids is 3. The van der Waals surface area contributed by atoms with E-state index in [0.29, 0.717) is 22.1 Å². The monoisotopic (exact) mass is 559 g/mol. The van der Waals surface area contributed by atoms with E-state index in [4.69, 9.17) is 32.7 Å². The first kappa shape index (κ1) is 27.4. The molecule has 4 rings (SSSR count). The average molecular weight is 560 g/mol. The van der Waals surface area contributed by atoms with Gasteiger partial charge in [0, 0.05) is 11.4 Å². The van der Waals surface area contributed by atoms with Crippen molar-refractivity contribution in [2.75, 3.05) is 25.1 Å². The minimum Gasteiger partial charge on any atom is -0.497 e. The van der Waals surface area contributed by atoms with E-state index in [-0.39, 0.29) is 24.7 Å². The summed E-state index contributed by atoms with van der Waals surface area (Å²) >= 11 is 12.2. The largest absolute Gasteiger partial charge is 0.497 e. The number of hydrogen-bond donors (Lipinski definition) is 0. The number of piperazine rings is 1. The maximum absolute atomic E-state index is 13.5. The lowest BCUT2D eigenvalue weighted by atomic mass is 10.0. The summed E-state index contributed by atoms with van der Waals surface area (Å²) in [5.74, 6) is -0.754. The Morgan fingerprint density at radius 2 is 1.74 bits per heavy atom. The number of nitrogens with zero attached hydrogens (tertiary/aromatic N) is 5. The second kappa shape index (κ2) is 11.0. The van der Waals surface area contributed by atoms with E-state index in [1.807, 2.05) is 0 Å². The van der Waals surface area contributed by atoms with Crippen LogP contribution in [-0.4, -0.2) is 69.5 Å². The van der Waals surface area contributed by atoms with Crippen molar-refractivity contribution in [2.24, 2.45) is 0 Å². The smallest absolute Gasteiger partial charge is 0.329 e. The fourth-order valence-corrected chi connectivity index (χ4v) is 4.37. The molecule has 1 aliphatic heterocycles. The SMILES string of the molecule is COc1ccc(CC(C(=O)OC(C)(C)C)N2CC(=O)N(c3cc(Cl)ccc3-n3cc(Cl)nn3)CC2=O)cc1. The van der Waals surface area contributed by atoms with Crippen LogP contribution in [0.4, 0.5) is 5.69 Å². The van der Waals surface area contributed by atoms with Crippen LogP contribution in [-0.2, 0) is 25.5 Å². The summed E-state index contributed by atoms with van der Waals surface area (Å²) in [7, 11) is 1.56. The van der Waals surface area contributed by atoms with Crippen molar-refractivity contribution in [3.05, 3.63) is 64.4 Å². The summed E-state index contributed by atoms with van der Waals surface area (Å²) < 4.78 is 12.2. The second-order valence-electron chi connectivity index (χ2n) is 9.72. The van der Waals surface area contributed by atoms with Crippen molar-refractivity contribution < 1.29 is 23.9 Å². The van der Waals surface area contributed by atoms with E-state index in [0.717, 1.165) is 5.56 Å².